The predicted molar refractivity (Wildman–Crippen MR) is 91.4 cm³/mol. The van der Waals surface area contributed by atoms with Crippen LogP contribution in [0.25, 0.3) is 6.08 Å². The van der Waals surface area contributed by atoms with Gasteiger partial charge in [-0.2, -0.15) is 0 Å². The largest absolute Gasteiger partial charge is 0.495 e. The zero-order valence-corrected chi connectivity index (χ0v) is 13.0. The molecule has 0 saturated carbocycles. The summed E-state index contributed by atoms with van der Waals surface area (Å²) in [6.45, 7) is 1.42. The third kappa shape index (κ3) is 5.00. The van der Waals surface area contributed by atoms with Gasteiger partial charge in [-0.25, -0.2) is 0 Å². The number of hydrogen-bond acceptors (Lipinski definition) is 3. The average Bonchev–Trinajstić information content (AvgIpc) is 2.54. The molecule has 0 atom stereocenters. The fraction of sp³-hybridized carbons (Fsp3) is 0.111. The molecule has 23 heavy (non-hydrogen) atoms. The van der Waals surface area contributed by atoms with E-state index in [1.54, 1.807) is 24.3 Å². The van der Waals surface area contributed by atoms with Gasteiger partial charge >= 0.3 is 0 Å². The van der Waals surface area contributed by atoms with E-state index in [1.807, 2.05) is 30.3 Å². The van der Waals surface area contributed by atoms with Gasteiger partial charge in [-0.1, -0.05) is 30.3 Å². The maximum atomic E-state index is 12.0. The molecular formula is C18H18N2O3. The highest BCUT2D eigenvalue weighted by molar-refractivity contribution is 6.03. The minimum absolute atomic E-state index is 0.184. The van der Waals surface area contributed by atoms with E-state index < -0.39 is 0 Å². The first-order chi connectivity index (χ1) is 11.1. The Morgan fingerprint density at radius 1 is 1.04 bits per heavy atom. The molecule has 2 amide bonds. The normalized spacial score (nSPS) is 10.3. The van der Waals surface area contributed by atoms with Gasteiger partial charge in [0.2, 0.25) is 11.8 Å². The van der Waals surface area contributed by atoms with Gasteiger partial charge in [0.05, 0.1) is 12.8 Å². The van der Waals surface area contributed by atoms with Crippen LogP contribution in [0.1, 0.15) is 12.5 Å². The molecule has 0 aliphatic rings. The Bertz CT molecular complexity index is 724. The van der Waals surface area contributed by atoms with E-state index in [1.165, 1.54) is 20.1 Å². The van der Waals surface area contributed by atoms with Crippen LogP contribution in [0.4, 0.5) is 11.4 Å². The van der Waals surface area contributed by atoms with Gasteiger partial charge in [0.25, 0.3) is 0 Å². The molecule has 2 N–H and O–H groups in total. The van der Waals surface area contributed by atoms with Gasteiger partial charge in [-0.05, 0) is 29.8 Å². The number of nitrogens with one attached hydrogen (secondary N) is 2. The summed E-state index contributed by atoms with van der Waals surface area (Å²) in [5, 5.41) is 5.41. The first kappa shape index (κ1) is 16.3. The van der Waals surface area contributed by atoms with E-state index in [0.717, 1.165) is 5.56 Å². The number of ether oxygens (including phenoxy) is 1. The molecule has 0 bridgehead atoms. The minimum atomic E-state index is -0.285. The van der Waals surface area contributed by atoms with Gasteiger partial charge in [0, 0.05) is 18.7 Å². The molecule has 0 aromatic heterocycles. The van der Waals surface area contributed by atoms with Crippen LogP contribution < -0.4 is 15.4 Å². The van der Waals surface area contributed by atoms with Crippen molar-refractivity contribution in [2.24, 2.45) is 0 Å². The van der Waals surface area contributed by atoms with Crippen LogP contribution in [0.15, 0.2) is 54.6 Å². The summed E-state index contributed by atoms with van der Waals surface area (Å²) in [7, 11) is 1.52. The van der Waals surface area contributed by atoms with Gasteiger partial charge in [0.15, 0.2) is 0 Å². The standard InChI is InChI=1S/C18H18N2O3/c1-13(21)19-15-9-10-17(23-2)16(12-15)20-18(22)11-8-14-6-4-3-5-7-14/h3-12H,1-2H3,(H,19,21)(H,20,22)/b11-8+. The Morgan fingerprint density at radius 2 is 1.78 bits per heavy atom. The monoisotopic (exact) mass is 310 g/mol. The highest BCUT2D eigenvalue weighted by atomic mass is 16.5. The van der Waals surface area contributed by atoms with Crippen molar-refractivity contribution in [1.82, 2.24) is 0 Å². The van der Waals surface area contributed by atoms with Crippen LogP contribution in [-0.2, 0) is 9.59 Å². The molecule has 5 heteroatoms. The maximum Gasteiger partial charge on any atom is 0.248 e. The Hall–Kier alpha value is -3.08. The molecule has 0 aliphatic carbocycles. The lowest BCUT2D eigenvalue weighted by molar-refractivity contribution is -0.114. The molecular weight excluding hydrogens is 292 g/mol. The van der Waals surface area contributed by atoms with Crippen LogP contribution in [0.5, 0.6) is 5.75 Å². The topological polar surface area (TPSA) is 67.4 Å². The first-order valence-electron chi connectivity index (χ1n) is 7.08. The zero-order valence-electron chi connectivity index (χ0n) is 13.0. The molecule has 0 aliphatic heterocycles. The Morgan fingerprint density at radius 3 is 2.43 bits per heavy atom. The average molecular weight is 310 g/mol. The van der Waals surface area contributed by atoms with Crippen LogP contribution in [-0.4, -0.2) is 18.9 Å². The molecule has 2 aromatic carbocycles. The molecule has 0 fully saturated rings. The second-order valence-electron chi connectivity index (χ2n) is 4.83. The quantitative estimate of drug-likeness (QED) is 0.833. The summed E-state index contributed by atoms with van der Waals surface area (Å²) in [6, 6.07) is 14.6. The molecule has 0 spiro atoms. The van der Waals surface area contributed by atoms with Crippen molar-refractivity contribution in [2.75, 3.05) is 17.7 Å². The molecule has 2 aromatic rings. The number of carbonyl (C=O) groups is 2. The number of rotatable bonds is 5. The number of carbonyl (C=O) groups excluding carboxylic acids is 2. The summed E-state index contributed by atoms with van der Waals surface area (Å²) in [5.74, 6) is 0.0455. The van der Waals surface area contributed by atoms with Crippen molar-refractivity contribution >= 4 is 29.3 Å². The number of benzene rings is 2. The molecule has 0 unspecified atom stereocenters. The van der Waals surface area contributed by atoms with Crippen molar-refractivity contribution in [1.29, 1.82) is 0 Å². The third-order valence-electron chi connectivity index (χ3n) is 3.00. The molecule has 5 nitrogen and oxygen atoms in total. The van der Waals surface area contributed by atoms with E-state index >= 15 is 0 Å². The number of hydrogen-bond donors (Lipinski definition) is 2. The number of amides is 2. The van der Waals surface area contributed by atoms with Crippen molar-refractivity contribution in [2.45, 2.75) is 6.92 Å². The summed E-state index contributed by atoms with van der Waals surface area (Å²) in [5.41, 5.74) is 2.00. The predicted octanol–water partition coefficient (Wildman–Crippen LogP) is 3.31. The smallest absolute Gasteiger partial charge is 0.248 e. The van der Waals surface area contributed by atoms with Crippen LogP contribution in [0.2, 0.25) is 0 Å². The minimum Gasteiger partial charge on any atom is -0.495 e. The summed E-state index contributed by atoms with van der Waals surface area (Å²) >= 11 is 0. The van der Waals surface area contributed by atoms with E-state index in [4.69, 9.17) is 4.74 Å². The Labute approximate surface area is 135 Å². The highest BCUT2D eigenvalue weighted by Gasteiger charge is 2.07. The first-order valence-corrected chi connectivity index (χ1v) is 7.08. The number of methoxy groups -OCH3 is 1. The number of anilines is 2. The molecule has 2 rings (SSSR count). The summed E-state index contributed by atoms with van der Waals surface area (Å²) < 4.78 is 5.22. The SMILES string of the molecule is COc1ccc(NC(C)=O)cc1NC(=O)/C=C/c1ccccc1. The van der Waals surface area contributed by atoms with E-state index in [0.29, 0.717) is 17.1 Å². The third-order valence-corrected chi connectivity index (χ3v) is 3.00. The lowest BCUT2D eigenvalue weighted by Gasteiger charge is -2.11. The highest BCUT2D eigenvalue weighted by Crippen LogP contribution is 2.27. The Balaban J connectivity index is 2.12. The second kappa shape index (κ2) is 7.79. The van der Waals surface area contributed by atoms with Gasteiger partial charge in [-0.15, -0.1) is 0 Å². The molecule has 0 radical (unpaired) electrons. The van der Waals surface area contributed by atoms with E-state index in [9.17, 15) is 9.59 Å². The van der Waals surface area contributed by atoms with E-state index in [2.05, 4.69) is 10.6 Å². The molecule has 0 heterocycles. The second-order valence-corrected chi connectivity index (χ2v) is 4.83. The van der Waals surface area contributed by atoms with Crippen molar-refractivity contribution in [3.8, 4) is 5.75 Å². The lowest BCUT2D eigenvalue weighted by atomic mass is 10.2. The van der Waals surface area contributed by atoms with Crippen molar-refractivity contribution in [3.05, 3.63) is 60.2 Å². The molecule has 0 saturated heterocycles. The maximum absolute atomic E-state index is 12.0. The summed E-state index contributed by atoms with van der Waals surface area (Å²) in [6.07, 6.45) is 3.17. The van der Waals surface area contributed by atoms with Crippen molar-refractivity contribution in [3.63, 3.8) is 0 Å². The van der Waals surface area contributed by atoms with Crippen LogP contribution in [0.3, 0.4) is 0 Å². The molecule has 118 valence electrons. The van der Waals surface area contributed by atoms with E-state index in [-0.39, 0.29) is 11.8 Å². The Kier molecular flexibility index (Phi) is 5.52. The van der Waals surface area contributed by atoms with Gasteiger partial charge in [0.1, 0.15) is 5.75 Å². The van der Waals surface area contributed by atoms with Gasteiger partial charge in [-0.3, -0.25) is 9.59 Å². The van der Waals surface area contributed by atoms with Crippen LogP contribution in [0, 0.1) is 0 Å². The lowest BCUT2D eigenvalue weighted by Crippen LogP contribution is -2.10. The van der Waals surface area contributed by atoms with Crippen molar-refractivity contribution < 1.29 is 14.3 Å². The fourth-order valence-corrected chi connectivity index (χ4v) is 2.00. The van der Waals surface area contributed by atoms with Gasteiger partial charge < -0.3 is 15.4 Å². The summed E-state index contributed by atoms with van der Waals surface area (Å²) in [4.78, 5) is 23.2. The zero-order chi connectivity index (χ0) is 16.7. The fourth-order valence-electron chi connectivity index (χ4n) is 2.00. The van der Waals surface area contributed by atoms with Crippen LogP contribution >= 0.6 is 0 Å².